The highest BCUT2D eigenvalue weighted by Crippen LogP contribution is 2.37. The molecule has 0 aromatic heterocycles. The van der Waals surface area contributed by atoms with Crippen molar-refractivity contribution >= 4 is 11.4 Å². The molecule has 6 heteroatoms. The number of benzene rings is 1. The summed E-state index contributed by atoms with van der Waals surface area (Å²) in [5.74, 6) is 0. The maximum Gasteiger partial charge on any atom is 0.407 e. The zero-order chi connectivity index (χ0) is 14.1. The highest BCUT2D eigenvalue weighted by Gasteiger charge is 2.39. The van der Waals surface area contributed by atoms with Gasteiger partial charge >= 0.3 is 6.18 Å². The Morgan fingerprint density at radius 3 is 2.00 bits per heavy atom. The Balaban J connectivity index is 3.32. The fourth-order valence-corrected chi connectivity index (χ4v) is 1.65. The largest absolute Gasteiger partial charge is 0.407 e. The predicted molar refractivity (Wildman–Crippen MR) is 68.1 cm³/mol. The van der Waals surface area contributed by atoms with Crippen molar-refractivity contribution in [3.8, 4) is 0 Å². The van der Waals surface area contributed by atoms with Crippen LogP contribution in [0.15, 0.2) is 18.2 Å². The highest BCUT2D eigenvalue weighted by atomic mass is 19.4. The van der Waals surface area contributed by atoms with Crippen LogP contribution in [0.25, 0.3) is 0 Å². The van der Waals surface area contributed by atoms with Crippen molar-refractivity contribution in [3.05, 3.63) is 23.8 Å². The summed E-state index contributed by atoms with van der Waals surface area (Å²) in [4.78, 5) is 3.37. The van der Waals surface area contributed by atoms with E-state index in [0.29, 0.717) is 11.4 Å². The lowest BCUT2D eigenvalue weighted by atomic mass is 10.0. The van der Waals surface area contributed by atoms with Crippen molar-refractivity contribution in [2.45, 2.75) is 12.2 Å². The van der Waals surface area contributed by atoms with E-state index in [9.17, 15) is 13.2 Å². The Morgan fingerprint density at radius 2 is 1.61 bits per heavy atom. The molecule has 18 heavy (non-hydrogen) atoms. The van der Waals surface area contributed by atoms with Crippen LogP contribution < -0.4 is 15.5 Å². The first-order valence-electron chi connectivity index (χ1n) is 5.45. The first kappa shape index (κ1) is 14.6. The van der Waals surface area contributed by atoms with Gasteiger partial charge in [0.25, 0.3) is 0 Å². The van der Waals surface area contributed by atoms with Crippen molar-refractivity contribution < 1.29 is 13.2 Å². The lowest BCUT2D eigenvalue weighted by Crippen LogP contribution is -2.30. The predicted octanol–water partition coefficient (Wildman–Crippen LogP) is 2.38. The number of alkyl halides is 3. The second kappa shape index (κ2) is 5.06. The number of hydrogen-bond donors (Lipinski definition) is 1. The zero-order valence-electron chi connectivity index (χ0n) is 10.9. The Morgan fingerprint density at radius 1 is 1.06 bits per heavy atom. The van der Waals surface area contributed by atoms with Gasteiger partial charge < -0.3 is 15.5 Å². The summed E-state index contributed by atoms with van der Waals surface area (Å²) in [5, 5.41) is 0. The summed E-state index contributed by atoms with van der Waals surface area (Å²) in [5.41, 5.74) is 6.56. The van der Waals surface area contributed by atoms with Crippen molar-refractivity contribution in [2.24, 2.45) is 5.73 Å². The summed E-state index contributed by atoms with van der Waals surface area (Å²) in [6.45, 7) is 0. The summed E-state index contributed by atoms with van der Waals surface area (Å²) in [6, 6.07) is 2.92. The second-order valence-corrected chi connectivity index (χ2v) is 4.55. The molecule has 0 aliphatic heterocycles. The molecule has 0 aliphatic carbocycles. The van der Waals surface area contributed by atoms with Gasteiger partial charge in [-0.3, -0.25) is 0 Å². The Bertz CT molecular complexity index is 414. The number of halogens is 3. The topological polar surface area (TPSA) is 32.5 Å². The molecule has 0 saturated carbocycles. The van der Waals surface area contributed by atoms with Gasteiger partial charge in [0.05, 0.1) is 0 Å². The SMILES string of the molecule is CN(C)c1ccc(N(C)C)c([C@H](N)C(F)(F)F)c1. The van der Waals surface area contributed by atoms with Crippen LogP contribution in [0.2, 0.25) is 0 Å². The van der Waals surface area contributed by atoms with Crippen LogP contribution in [0.3, 0.4) is 0 Å². The van der Waals surface area contributed by atoms with E-state index in [0.717, 1.165) is 0 Å². The van der Waals surface area contributed by atoms with Crippen LogP contribution in [0, 0.1) is 0 Å². The molecule has 0 bridgehead atoms. The molecule has 1 aromatic carbocycles. The highest BCUT2D eigenvalue weighted by molar-refractivity contribution is 5.62. The lowest BCUT2D eigenvalue weighted by Gasteiger charge is -2.25. The summed E-state index contributed by atoms with van der Waals surface area (Å²) in [7, 11) is 6.93. The molecule has 0 fully saturated rings. The lowest BCUT2D eigenvalue weighted by molar-refractivity contribution is -0.149. The quantitative estimate of drug-likeness (QED) is 0.906. The van der Waals surface area contributed by atoms with E-state index < -0.39 is 12.2 Å². The van der Waals surface area contributed by atoms with E-state index in [1.165, 1.54) is 6.07 Å². The fourth-order valence-electron chi connectivity index (χ4n) is 1.65. The van der Waals surface area contributed by atoms with Gasteiger partial charge in [-0.05, 0) is 18.2 Å². The van der Waals surface area contributed by atoms with Crippen LogP contribution in [-0.4, -0.2) is 34.4 Å². The van der Waals surface area contributed by atoms with Crippen molar-refractivity contribution in [2.75, 3.05) is 38.0 Å². The molecule has 102 valence electrons. The third-order valence-electron chi connectivity index (χ3n) is 2.70. The monoisotopic (exact) mass is 261 g/mol. The molecule has 0 heterocycles. The zero-order valence-corrected chi connectivity index (χ0v) is 10.9. The van der Waals surface area contributed by atoms with E-state index >= 15 is 0 Å². The molecule has 0 amide bonds. The molecule has 1 rings (SSSR count). The summed E-state index contributed by atoms with van der Waals surface area (Å²) >= 11 is 0. The molecule has 0 radical (unpaired) electrons. The van der Waals surface area contributed by atoms with Crippen molar-refractivity contribution in [1.29, 1.82) is 0 Å². The third-order valence-corrected chi connectivity index (χ3v) is 2.70. The Labute approximate surface area is 105 Å². The average Bonchev–Trinajstić information content (AvgIpc) is 2.25. The Hall–Kier alpha value is -1.43. The smallest absolute Gasteiger partial charge is 0.378 e. The van der Waals surface area contributed by atoms with E-state index in [-0.39, 0.29) is 5.56 Å². The number of nitrogens with two attached hydrogens (primary N) is 1. The van der Waals surface area contributed by atoms with E-state index in [1.54, 1.807) is 50.1 Å². The molecule has 0 aliphatic rings. The van der Waals surface area contributed by atoms with E-state index in [2.05, 4.69) is 0 Å². The molecule has 0 unspecified atom stereocenters. The third kappa shape index (κ3) is 3.07. The molecular weight excluding hydrogens is 243 g/mol. The second-order valence-electron chi connectivity index (χ2n) is 4.55. The number of hydrogen-bond acceptors (Lipinski definition) is 3. The molecule has 0 spiro atoms. The normalized spacial score (nSPS) is 13.3. The van der Waals surface area contributed by atoms with Gasteiger partial charge in [-0.2, -0.15) is 13.2 Å². The fraction of sp³-hybridized carbons (Fsp3) is 0.500. The van der Waals surface area contributed by atoms with Crippen LogP contribution in [0.5, 0.6) is 0 Å². The number of anilines is 2. The number of nitrogens with zero attached hydrogens (tertiary/aromatic N) is 2. The molecule has 1 aromatic rings. The van der Waals surface area contributed by atoms with Gasteiger partial charge in [-0.15, -0.1) is 0 Å². The first-order valence-corrected chi connectivity index (χ1v) is 5.45. The van der Waals surface area contributed by atoms with Crippen molar-refractivity contribution in [3.63, 3.8) is 0 Å². The maximum absolute atomic E-state index is 12.8. The van der Waals surface area contributed by atoms with E-state index in [4.69, 9.17) is 5.73 Å². The minimum atomic E-state index is -4.45. The maximum atomic E-state index is 12.8. The molecule has 0 saturated heterocycles. The minimum Gasteiger partial charge on any atom is -0.378 e. The van der Waals surface area contributed by atoms with Gasteiger partial charge in [0.15, 0.2) is 0 Å². The number of rotatable bonds is 3. The van der Waals surface area contributed by atoms with Crippen LogP contribution in [0.1, 0.15) is 11.6 Å². The standard InChI is InChI=1S/C12H18F3N3/c1-17(2)8-5-6-10(18(3)4)9(7-8)11(16)12(13,14)15/h5-7,11H,16H2,1-4H3/t11-/m0/s1. The average molecular weight is 261 g/mol. The van der Waals surface area contributed by atoms with Gasteiger partial charge in [-0.1, -0.05) is 0 Å². The van der Waals surface area contributed by atoms with Crippen LogP contribution in [0.4, 0.5) is 24.5 Å². The minimum absolute atomic E-state index is 0.0821. The first-order chi connectivity index (χ1) is 8.14. The molecular formula is C12H18F3N3. The van der Waals surface area contributed by atoms with Gasteiger partial charge in [0.2, 0.25) is 0 Å². The van der Waals surface area contributed by atoms with Gasteiger partial charge in [0.1, 0.15) is 6.04 Å². The van der Waals surface area contributed by atoms with Crippen LogP contribution in [-0.2, 0) is 0 Å². The summed E-state index contributed by atoms with van der Waals surface area (Å²) in [6.07, 6.45) is -4.45. The van der Waals surface area contributed by atoms with Crippen molar-refractivity contribution in [1.82, 2.24) is 0 Å². The molecule has 3 nitrogen and oxygen atoms in total. The van der Waals surface area contributed by atoms with Crippen LogP contribution >= 0.6 is 0 Å². The molecule has 1 atom stereocenters. The Kier molecular flexibility index (Phi) is 4.11. The van der Waals surface area contributed by atoms with E-state index in [1.807, 2.05) is 0 Å². The summed E-state index contributed by atoms with van der Waals surface area (Å²) < 4.78 is 38.3. The molecule has 2 N–H and O–H groups in total. The van der Waals surface area contributed by atoms with Gasteiger partial charge in [-0.25, -0.2) is 0 Å². The van der Waals surface area contributed by atoms with Gasteiger partial charge in [0, 0.05) is 45.1 Å².